The quantitative estimate of drug-likeness (QED) is 0.383. The van der Waals surface area contributed by atoms with Crippen LogP contribution in [0.2, 0.25) is 0 Å². The molecule has 5 aromatic rings. The van der Waals surface area contributed by atoms with Crippen LogP contribution in [0.15, 0.2) is 66.7 Å². The summed E-state index contributed by atoms with van der Waals surface area (Å²) in [6.07, 6.45) is 0. The maximum absolute atomic E-state index is 9.69. The van der Waals surface area contributed by atoms with Crippen LogP contribution >= 0.6 is 0 Å². The third-order valence-corrected chi connectivity index (χ3v) is 4.75. The van der Waals surface area contributed by atoms with Crippen molar-refractivity contribution in [1.29, 1.82) is 0 Å². The lowest BCUT2D eigenvalue weighted by Gasteiger charge is -2.12. The van der Waals surface area contributed by atoms with E-state index in [-0.39, 0.29) is 5.75 Å². The van der Waals surface area contributed by atoms with Crippen LogP contribution in [0.3, 0.4) is 0 Å². The van der Waals surface area contributed by atoms with Crippen LogP contribution in [0.4, 0.5) is 11.4 Å². The second-order valence-corrected chi connectivity index (χ2v) is 6.44. The molecule has 5 rings (SSSR count). The molecular formula is C22H17N3O2. The van der Waals surface area contributed by atoms with Crippen LogP contribution in [0.1, 0.15) is 0 Å². The number of phenols is 1. The third kappa shape index (κ3) is 2.52. The monoisotopic (exact) mass is 355 g/mol. The number of aromatic nitrogens is 2. The van der Waals surface area contributed by atoms with Gasteiger partial charge in [-0.05, 0) is 36.4 Å². The number of benzene rings is 3. The van der Waals surface area contributed by atoms with E-state index in [4.69, 9.17) is 9.72 Å². The van der Waals surface area contributed by atoms with Crippen LogP contribution in [0.5, 0.6) is 11.5 Å². The molecular weight excluding hydrogens is 338 g/mol. The first-order valence-electron chi connectivity index (χ1n) is 8.67. The first-order valence-corrected chi connectivity index (χ1v) is 8.67. The molecule has 0 atom stereocenters. The van der Waals surface area contributed by atoms with Crippen LogP contribution in [-0.2, 0) is 0 Å². The van der Waals surface area contributed by atoms with E-state index in [9.17, 15) is 5.11 Å². The van der Waals surface area contributed by atoms with E-state index in [0.717, 1.165) is 44.2 Å². The average Bonchev–Trinajstić information content (AvgIpc) is 3.05. The summed E-state index contributed by atoms with van der Waals surface area (Å²) in [5.74, 6) is 0.737. The molecule has 132 valence electrons. The van der Waals surface area contributed by atoms with Crippen LogP contribution in [-0.4, -0.2) is 22.2 Å². The number of aromatic amines is 1. The number of H-pyrrole nitrogens is 1. The van der Waals surface area contributed by atoms with Crippen LogP contribution < -0.4 is 10.1 Å². The molecule has 0 aliphatic rings. The van der Waals surface area contributed by atoms with Crippen molar-refractivity contribution in [2.24, 2.45) is 0 Å². The Morgan fingerprint density at radius 1 is 0.926 bits per heavy atom. The average molecular weight is 355 g/mol. The third-order valence-electron chi connectivity index (χ3n) is 4.75. The topological polar surface area (TPSA) is 70.2 Å². The van der Waals surface area contributed by atoms with Crippen LogP contribution in [0.25, 0.3) is 32.8 Å². The van der Waals surface area contributed by atoms with Gasteiger partial charge in [-0.3, -0.25) is 0 Å². The molecule has 5 nitrogen and oxygen atoms in total. The molecule has 2 heterocycles. The highest BCUT2D eigenvalue weighted by atomic mass is 16.5. The summed E-state index contributed by atoms with van der Waals surface area (Å²) in [4.78, 5) is 8.34. The maximum Gasteiger partial charge on any atom is 0.145 e. The van der Waals surface area contributed by atoms with Gasteiger partial charge >= 0.3 is 0 Å². The molecule has 0 fully saturated rings. The lowest BCUT2D eigenvalue weighted by molar-refractivity contribution is 0.409. The first kappa shape index (κ1) is 15.5. The number of rotatable bonds is 3. The number of fused-ring (bicyclic) bond motifs is 4. The highest BCUT2D eigenvalue weighted by molar-refractivity contribution is 6.14. The molecule has 3 aromatic carbocycles. The van der Waals surface area contributed by atoms with Crippen molar-refractivity contribution in [3.63, 3.8) is 0 Å². The fourth-order valence-corrected chi connectivity index (χ4v) is 3.49. The number of aromatic hydroxyl groups is 1. The predicted octanol–water partition coefficient (Wildman–Crippen LogP) is 5.33. The highest BCUT2D eigenvalue weighted by Gasteiger charge is 2.13. The Bertz CT molecular complexity index is 1310. The summed E-state index contributed by atoms with van der Waals surface area (Å²) < 4.78 is 5.39. The number of methoxy groups -OCH3 is 1. The molecule has 0 aliphatic heterocycles. The fraction of sp³-hybridized carbons (Fsp3) is 0.0455. The molecule has 0 spiro atoms. The normalized spacial score (nSPS) is 11.3. The summed E-state index contributed by atoms with van der Waals surface area (Å²) in [6, 6.07) is 21.3. The van der Waals surface area contributed by atoms with E-state index in [2.05, 4.69) is 22.4 Å². The zero-order chi connectivity index (χ0) is 18.4. The molecule has 0 unspecified atom stereocenters. The van der Waals surface area contributed by atoms with E-state index >= 15 is 0 Å². The molecule has 0 aliphatic carbocycles. The minimum atomic E-state index is 0.163. The summed E-state index contributed by atoms with van der Waals surface area (Å²) in [5.41, 5.74) is 5.59. The number of nitrogens with one attached hydrogen (secondary N) is 2. The SMILES string of the molecule is COc1cc(O)ccc1Nc1cccc2[nH]c3cc4ccccc4nc3c12. The Hall–Kier alpha value is -3.73. The maximum atomic E-state index is 9.69. The Kier molecular flexibility index (Phi) is 3.40. The van der Waals surface area contributed by atoms with Gasteiger partial charge in [-0.2, -0.15) is 0 Å². The van der Waals surface area contributed by atoms with Gasteiger partial charge in [-0.1, -0.05) is 24.3 Å². The second kappa shape index (κ2) is 5.92. The summed E-state index contributed by atoms with van der Waals surface area (Å²) >= 11 is 0. The molecule has 0 saturated carbocycles. The number of para-hydroxylation sites is 1. The Morgan fingerprint density at radius 2 is 1.81 bits per heavy atom. The van der Waals surface area contributed by atoms with Gasteiger partial charge in [-0.25, -0.2) is 4.98 Å². The Labute approximate surface area is 155 Å². The Balaban J connectivity index is 1.74. The molecule has 5 heteroatoms. The molecule has 2 aromatic heterocycles. The number of phenolic OH excluding ortho intramolecular Hbond substituents is 1. The van der Waals surface area contributed by atoms with Gasteiger partial charge < -0.3 is 20.1 Å². The molecule has 0 amide bonds. The number of nitrogens with zero attached hydrogens (tertiary/aromatic N) is 1. The number of anilines is 2. The smallest absolute Gasteiger partial charge is 0.145 e. The lowest BCUT2D eigenvalue weighted by atomic mass is 10.1. The highest BCUT2D eigenvalue weighted by Crippen LogP contribution is 2.36. The van der Waals surface area contributed by atoms with E-state index in [1.165, 1.54) is 0 Å². The van der Waals surface area contributed by atoms with Gasteiger partial charge in [0.2, 0.25) is 0 Å². The standard InChI is InChI=1S/C22H17N3O2/c1-27-20-12-14(26)9-10-16(20)23-17-7-4-8-18-21(17)22-19(24-18)11-13-5-2-3-6-15(13)25-22/h2-12,23-24,26H,1H3. The zero-order valence-corrected chi connectivity index (χ0v) is 14.7. The minimum Gasteiger partial charge on any atom is -0.508 e. The predicted molar refractivity (Wildman–Crippen MR) is 109 cm³/mol. The summed E-state index contributed by atoms with van der Waals surface area (Å²) in [7, 11) is 1.58. The molecule has 0 bridgehead atoms. The van der Waals surface area contributed by atoms with Crippen molar-refractivity contribution in [1.82, 2.24) is 9.97 Å². The van der Waals surface area contributed by atoms with Crippen molar-refractivity contribution >= 4 is 44.2 Å². The second-order valence-electron chi connectivity index (χ2n) is 6.44. The zero-order valence-electron chi connectivity index (χ0n) is 14.7. The number of hydrogen-bond donors (Lipinski definition) is 3. The first-order chi connectivity index (χ1) is 13.2. The van der Waals surface area contributed by atoms with Gasteiger partial charge in [0.05, 0.1) is 40.6 Å². The van der Waals surface area contributed by atoms with Crippen LogP contribution in [0, 0.1) is 0 Å². The largest absolute Gasteiger partial charge is 0.508 e. The molecule has 0 radical (unpaired) electrons. The number of hydrogen-bond acceptors (Lipinski definition) is 4. The number of pyridine rings is 1. The molecule has 3 N–H and O–H groups in total. The van der Waals surface area contributed by atoms with Gasteiger partial charge in [0, 0.05) is 16.8 Å². The summed E-state index contributed by atoms with van der Waals surface area (Å²) in [5, 5.41) is 15.2. The van der Waals surface area contributed by atoms with Gasteiger partial charge in [-0.15, -0.1) is 0 Å². The number of ether oxygens (including phenoxy) is 1. The van der Waals surface area contributed by atoms with E-state index in [0.29, 0.717) is 5.75 Å². The fourth-order valence-electron chi connectivity index (χ4n) is 3.49. The van der Waals surface area contributed by atoms with Crippen molar-refractivity contribution in [2.45, 2.75) is 0 Å². The van der Waals surface area contributed by atoms with Crippen molar-refractivity contribution < 1.29 is 9.84 Å². The Morgan fingerprint density at radius 3 is 2.70 bits per heavy atom. The minimum absolute atomic E-state index is 0.163. The van der Waals surface area contributed by atoms with Crippen molar-refractivity contribution in [3.05, 3.63) is 66.7 Å². The van der Waals surface area contributed by atoms with Crippen molar-refractivity contribution in [3.8, 4) is 11.5 Å². The van der Waals surface area contributed by atoms with Gasteiger partial charge in [0.1, 0.15) is 11.5 Å². The van der Waals surface area contributed by atoms with Crippen molar-refractivity contribution in [2.75, 3.05) is 12.4 Å². The van der Waals surface area contributed by atoms with E-state index < -0.39 is 0 Å². The van der Waals surface area contributed by atoms with Gasteiger partial charge in [0.25, 0.3) is 0 Å². The lowest BCUT2D eigenvalue weighted by Crippen LogP contribution is -1.95. The molecule has 27 heavy (non-hydrogen) atoms. The molecule has 0 saturated heterocycles. The summed E-state index contributed by atoms with van der Waals surface area (Å²) in [6.45, 7) is 0. The van der Waals surface area contributed by atoms with Gasteiger partial charge in [0.15, 0.2) is 0 Å². The van der Waals surface area contributed by atoms with E-state index in [1.54, 1.807) is 25.3 Å². The van der Waals surface area contributed by atoms with E-state index in [1.807, 2.05) is 36.4 Å².